The molecule has 4 rings (SSSR count). The third-order valence-electron chi connectivity index (χ3n) is 4.44. The molecule has 0 saturated carbocycles. The van der Waals surface area contributed by atoms with Gasteiger partial charge in [-0.1, -0.05) is 48.2 Å². The average molecular weight is 433 g/mol. The van der Waals surface area contributed by atoms with Crippen LogP contribution in [-0.4, -0.2) is 38.3 Å². The van der Waals surface area contributed by atoms with E-state index in [0.29, 0.717) is 22.3 Å². The number of phenols is 1. The Bertz CT molecular complexity index is 1170. The summed E-state index contributed by atoms with van der Waals surface area (Å²) >= 11 is 1.23. The zero-order valence-corrected chi connectivity index (χ0v) is 17.4. The maximum Gasteiger partial charge on any atom is 0.242 e. The summed E-state index contributed by atoms with van der Waals surface area (Å²) in [4.78, 5) is 13.2. The summed E-state index contributed by atoms with van der Waals surface area (Å²) < 4.78 is 6.76. The van der Waals surface area contributed by atoms with E-state index in [0.717, 1.165) is 5.56 Å². The Morgan fingerprint density at radius 3 is 2.58 bits per heavy atom. The van der Waals surface area contributed by atoms with E-state index in [-0.39, 0.29) is 11.7 Å². The summed E-state index contributed by atoms with van der Waals surface area (Å²) in [6, 6.07) is 23.1. The number of nitrogens with zero attached hydrogens (tertiary/aromatic N) is 4. The monoisotopic (exact) mass is 433 g/mol. The molecule has 31 heavy (non-hydrogen) atoms. The van der Waals surface area contributed by atoms with Gasteiger partial charge >= 0.3 is 0 Å². The van der Waals surface area contributed by atoms with Gasteiger partial charge in [0.05, 0.1) is 12.8 Å². The van der Waals surface area contributed by atoms with Gasteiger partial charge in [0, 0.05) is 11.8 Å². The van der Waals surface area contributed by atoms with Gasteiger partial charge in [-0.05, 0) is 52.4 Å². The fourth-order valence-electron chi connectivity index (χ4n) is 2.92. The van der Waals surface area contributed by atoms with Crippen molar-refractivity contribution in [1.82, 2.24) is 20.2 Å². The smallest absolute Gasteiger partial charge is 0.242 e. The molecule has 0 spiro atoms. The van der Waals surface area contributed by atoms with Gasteiger partial charge in [0.15, 0.2) is 0 Å². The molecular weight excluding hydrogens is 414 g/mol. The molecule has 1 heterocycles. The molecule has 8 nitrogen and oxygen atoms in total. The molecule has 9 heteroatoms. The summed E-state index contributed by atoms with van der Waals surface area (Å²) in [6.07, 6.45) is 0. The Hall–Kier alpha value is -3.85. The molecule has 156 valence electrons. The van der Waals surface area contributed by atoms with Gasteiger partial charge in [0.2, 0.25) is 11.1 Å². The van der Waals surface area contributed by atoms with E-state index in [1.807, 2.05) is 42.5 Å². The highest BCUT2D eigenvalue weighted by Crippen LogP contribution is 2.36. The standard InChI is InChI=1S/C22H19N5O3S/c1-30-19-9-5-8-16(14-19)23-21(29)20(15-6-3-2-4-7-15)31-22-24-25-26-27(22)17-10-12-18(28)13-11-17/h2-14,20,28H,1H3,(H,23,29). The third kappa shape index (κ3) is 4.84. The molecule has 1 amide bonds. The first-order chi connectivity index (χ1) is 15.1. The fraction of sp³-hybridized carbons (Fsp3) is 0.0909. The van der Waals surface area contributed by atoms with Crippen molar-refractivity contribution in [3.8, 4) is 17.2 Å². The molecule has 0 bridgehead atoms. The minimum atomic E-state index is -0.603. The minimum absolute atomic E-state index is 0.144. The average Bonchev–Trinajstić information content (AvgIpc) is 3.27. The maximum absolute atomic E-state index is 13.2. The van der Waals surface area contributed by atoms with Crippen molar-refractivity contribution in [1.29, 1.82) is 0 Å². The normalized spacial score (nSPS) is 11.6. The number of anilines is 1. The van der Waals surface area contributed by atoms with Crippen molar-refractivity contribution in [3.05, 3.63) is 84.4 Å². The molecule has 3 aromatic carbocycles. The van der Waals surface area contributed by atoms with E-state index < -0.39 is 5.25 Å². The first kappa shape index (κ1) is 20.4. The van der Waals surface area contributed by atoms with E-state index in [4.69, 9.17) is 4.74 Å². The van der Waals surface area contributed by atoms with Gasteiger partial charge in [-0.2, -0.15) is 4.68 Å². The van der Waals surface area contributed by atoms with E-state index in [9.17, 15) is 9.90 Å². The van der Waals surface area contributed by atoms with Crippen molar-refractivity contribution < 1.29 is 14.6 Å². The zero-order valence-electron chi connectivity index (χ0n) is 16.5. The lowest BCUT2D eigenvalue weighted by molar-refractivity contribution is -0.115. The lowest BCUT2D eigenvalue weighted by Gasteiger charge is -2.17. The number of aromatic nitrogens is 4. The SMILES string of the molecule is COc1cccc(NC(=O)C(Sc2nnnn2-c2ccc(O)cc2)c2ccccc2)c1. The van der Waals surface area contributed by atoms with E-state index in [1.165, 1.54) is 16.4 Å². The lowest BCUT2D eigenvalue weighted by Crippen LogP contribution is -2.19. The highest BCUT2D eigenvalue weighted by Gasteiger charge is 2.25. The van der Waals surface area contributed by atoms with Gasteiger partial charge < -0.3 is 15.2 Å². The summed E-state index contributed by atoms with van der Waals surface area (Å²) in [6.45, 7) is 0. The fourth-order valence-corrected chi connectivity index (χ4v) is 3.92. The van der Waals surface area contributed by atoms with E-state index in [1.54, 1.807) is 43.5 Å². The Morgan fingerprint density at radius 2 is 1.84 bits per heavy atom. The van der Waals surface area contributed by atoms with Crippen LogP contribution in [0.4, 0.5) is 5.69 Å². The van der Waals surface area contributed by atoms with Crippen LogP contribution >= 0.6 is 11.8 Å². The quantitative estimate of drug-likeness (QED) is 0.427. The molecule has 2 N–H and O–H groups in total. The summed E-state index contributed by atoms with van der Waals surface area (Å²) in [5.74, 6) is 0.577. The van der Waals surface area contributed by atoms with Crippen LogP contribution in [0.1, 0.15) is 10.8 Å². The number of ether oxygens (including phenoxy) is 1. The molecule has 0 radical (unpaired) electrons. The lowest BCUT2D eigenvalue weighted by atomic mass is 10.1. The number of nitrogens with one attached hydrogen (secondary N) is 1. The van der Waals surface area contributed by atoms with Gasteiger partial charge in [0.1, 0.15) is 16.7 Å². The van der Waals surface area contributed by atoms with Crippen molar-refractivity contribution in [2.24, 2.45) is 0 Å². The van der Waals surface area contributed by atoms with Crippen LogP contribution < -0.4 is 10.1 Å². The zero-order chi connectivity index (χ0) is 21.6. The highest BCUT2D eigenvalue weighted by molar-refractivity contribution is 8.00. The predicted octanol–water partition coefficient (Wildman–Crippen LogP) is 3.85. The van der Waals surface area contributed by atoms with Gasteiger partial charge in [-0.15, -0.1) is 5.10 Å². The van der Waals surface area contributed by atoms with Crippen LogP contribution in [0.5, 0.6) is 11.5 Å². The number of thioether (sulfide) groups is 1. The van der Waals surface area contributed by atoms with Crippen LogP contribution in [0, 0.1) is 0 Å². The molecule has 0 aliphatic rings. The number of amides is 1. The van der Waals surface area contributed by atoms with Crippen molar-refractivity contribution in [2.45, 2.75) is 10.4 Å². The number of carbonyl (C=O) groups is 1. The number of tetrazole rings is 1. The second-order valence-corrected chi connectivity index (χ2v) is 7.59. The number of hydrogen-bond donors (Lipinski definition) is 2. The summed E-state index contributed by atoms with van der Waals surface area (Å²) in [5, 5.41) is 24.2. The van der Waals surface area contributed by atoms with Gasteiger partial charge in [-0.3, -0.25) is 4.79 Å². The molecular formula is C22H19N5O3S. The molecule has 4 aromatic rings. The molecule has 1 unspecified atom stereocenters. The molecule has 1 atom stereocenters. The Balaban J connectivity index is 1.63. The van der Waals surface area contributed by atoms with Crippen LogP contribution in [-0.2, 0) is 4.79 Å². The predicted molar refractivity (Wildman–Crippen MR) is 117 cm³/mol. The second kappa shape index (κ2) is 9.31. The van der Waals surface area contributed by atoms with Crippen molar-refractivity contribution in [2.75, 3.05) is 12.4 Å². The van der Waals surface area contributed by atoms with Crippen LogP contribution in [0.2, 0.25) is 0 Å². The van der Waals surface area contributed by atoms with E-state index in [2.05, 4.69) is 20.8 Å². The maximum atomic E-state index is 13.2. The molecule has 0 aliphatic heterocycles. The number of hydrogen-bond acceptors (Lipinski definition) is 7. The minimum Gasteiger partial charge on any atom is -0.508 e. The number of aromatic hydroxyl groups is 1. The van der Waals surface area contributed by atoms with Crippen LogP contribution in [0.25, 0.3) is 5.69 Å². The number of methoxy groups -OCH3 is 1. The summed E-state index contributed by atoms with van der Waals surface area (Å²) in [5.41, 5.74) is 2.11. The molecule has 0 aliphatic carbocycles. The van der Waals surface area contributed by atoms with Gasteiger partial charge in [-0.25, -0.2) is 0 Å². The molecule has 0 saturated heterocycles. The number of carbonyl (C=O) groups excluding carboxylic acids is 1. The van der Waals surface area contributed by atoms with Crippen molar-refractivity contribution >= 4 is 23.4 Å². The Kier molecular flexibility index (Phi) is 6.13. The molecule has 0 fully saturated rings. The first-order valence-electron chi connectivity index (χ1n) is 9.38. The van der Waals surface area contributed by atoms with E-state index >= 15 is 0 Å². The summed E-state index contributed by atoms with van der Waals surface area (Å²) in [7, 11) is 1.58. The Morgan fingerprint density at radius 1 is 1.06 bits per heavy atom. The van der Waals surface area contributed by atoms with Crippen molar-refractivity contribution in [3.63, 3.8) is 0 Å². The largest absolute Gasteiger partial charge is 0.508 e. The topological polar surface area (TPSA) is 102 Å². The van der Waals surface area contributed by atoms with Crippen LogP contribution in [0.3, 0.4) is 0 Å². The number of benzene rings is 3. The highest BCUT2D eigenvalue weighted by atomic mass is 32.2. The van der Waals surface area contributed by atoms with Gasteiger partial charge in [0.25, 0.3) is 0 Å². The van der Waals surface area contributed by atoms with Crippen LogP contribution in [0.15, 0.2) is 84.0 Å². The first-order valence-corrected chi connectivity index (χ1v) is 10.3. The number of rotatable bonds is 7. The number of phenolic OH excluding ortho intramolecular Hbond substituents is 1. The second-order valence-electron chi connectivity index (χ2n) is 6.52. The third-order valence-corrected chi connectivity index (χ3v) is 5.62. The Labute approximate surface area is 182 Å². The molecule has 1 aromatic heterocycles.